The smallest absolute Gasteiger partial charge is 0.186 e. The van der Waals surface area contributed by atoms with Gasteiger partial charge < -0.3 is 9.47 Å². The Labute approximate surface area is 132 Å². The Morgan fingerprint density at radius 1 is 1.32 bits per heavy atom. The molecule has 1 aromatic rings. The van der Waals surface area contributed by atoms with Crippen molar-refractivity contribution in [1.29, 1.82) is 0 Å². The van der Waals surface area contributed by atoms with Crippen LogP contribution in [0.5, 0.6) is 5.75 Å². The first-order chi connectivity index (χ1) is 10.5. The second-order valence-corrected chi connectivity index (χ2v) is 5.95. The second kappa shape index (κ2) is 7.07. The fourth-order valence-corrected chi connectivity index (χ4v) is 2.79. The molecule has 1 aromatic carbocycles. The maximum Gasteiger partial charge on any atom is 0.186 e. The van der Waals surface area contributed by atoms with Crippen LogP contribution in [0.1, 0.15) is 36.7 Å². The molecule has 1 aliphatic rings. The van der Waals surface area contributed by atoms with Crippen molar-refractivity contribution in [3.05, 3.63) is 35.4 Å². The van der Waals surface area contributed by atoms with Crippen LogP contribution in [0.4, 0.5) is 0 Å². The number of carbonyl (C=O) groups excluding carboxylic acids is 1. The van der Waals surface area contributed by atoms with Gasteiger partial charge in [-0.3, -0.25) is 9.69 Å². The molecule has 0 amide bonds. The van der Waals surface area contributed by atoms with Crippen LogP contribution in [0.25, 0.3) is 6.08 Å². The SMILES string of the molecule is CC=Cc1ccc(OC)c(C(=O)C(C)(C)N2CCOCC2)c1. The summed E-state index contributed by atoms with van der Waals surface area (Å²) in [6.07, 6.45) is 3.95. The van der Waals surface area contributed by atoms with Crippen molar-refractivity contribution < 1.29 is 14.3 Å². The topological polar surface area (TPSA) is 38.8 Å². The number of benzene rings is 1. The number of Topliss-reactive ketones (excluding diaryl/α,β-unsaturated/α-hetero) is 1. The first-order valence-corrected chi connectivity index (χ1v) is 7.69. The Hall–Kier alpha value is -1.65. The van der Waals surface area contributed by atoms with Gasteiger partial charge in [0.1, 0.15) is 5.75 Å². The molecule has 0 aromatic heterocycles. The Balaban J connectivity index is 2.35. The number of allylic oxidation sites excluding steroid dienone is 1. The number of morpholine rings is 1. The number of hydrogen-bond donors (Lipinski definition) is 0. The molecule has 120 valence electrons. The molecule has 22 heavy (non-hydrogen) atoms. The molecule has 0 aliphatic carbocycles. The summed E-state index contributed by atoms with van der Waals surface area (Å²) >= 11 is 0. The van der Waals surface area contributed by atoms with Gasteiger partial charge in [-0.1, -0.05) is 18.2 Å². The number of nitrogens with zero attached hydrogens (tertiary/aromatic N) is 1. The van der Waals surface area contributed by atoms with Gasteiger partial charge in [-0.25, -0.2) is 0 Å². The van der Waals surface area contributed by atoms with Gasteiger partial charge in [-0.15, -0.1) is 0 Å². The first kappa shape index (κ1) is 16.7. The molecular weight excluding hydrogens is 278 g/mol. The molecule has 0 atom stereocenters. The predicted molar refractivity (Wildman–Crippen MR) is 88.5 cm³/mol. The predicted octanol–water partition coefficient (Wildman–Crippen LogP) is 3.02. The zero-order valence-corrected chi connectivity index (χ0v) is 13.9. The lowest BCUT2D eigenvalue weighted by Crippen LogP contribution is -2.54. The van der Waals surface area contributed by atoms with Crippen molar-refractivity contribution in [2.75, 3.05) is 33.4 Å². The summed E-state index contributed by atoms with van der Waals surface area (Å²) in [7, 11) is 1.60. The van der Waals surface area contributed by atoms with E-state index >= 15 is 0 Å². The number of carbonyl (C=O) groups is 1. The summed E-state index contributed by atoms with van der Waals surface area (Å²) in [5.74, 6) is 0.706. The largest absolute Gasteiger partial charge is 0.496 e. The van der Waals surface area contributed by atoms with E-state index in [1.165, 1.54) is 0 Å². The number of ketones is 1. The molecule has 4 heteroatoms. The summed E-state index contributed by atoms with van der Waals surface area (Å²) in [6, 6.07) is 5.72. The van der Waals surface area contributed by atoms with Crippen LogP contribution in [-0.2, 0) is 4.74 Å². The fraction of sp³-hybridized carbons (Fsp3) is 0.500. The van der Waals surface area contributed by atoms with Gasteiger partial charge in [0.2, 0.25) is 0 Å². The summed E-state index contributed by atoms with van der Waals surface area (Å²) in [6.45, 7) is 8.80. The van der Waals surface area contributed by atoms with Crippen molar-refractivity contribution in [3.63, 3.8) is 0 Å². The van der Waals surface area contributed by atoms with Gasteiger partial charge in [0.15, 0.2) is 5.78 Å². The van der Waals surface area contributed by atoms with E-state index in [4.69, 9.17) is 9.47 Å². The van der Waals surface area contributed by atoms with Crippen molar-refractivity contribution in [3.8, 4) is 5.75 Å². The van der Waals surface area contributed by atoms with Crippen LogP contribution in [0, 0.1) is 0 Å². The summed E-state index contributed by atoms with van der Waals surface area (Å²) in [5.41, 5.74) is 1.06. The van der Waals surface area contributed by atoms with Crippen molar-refractivity contribution in [1.82, 2.24) is 4.90 Å². The van der Waals surface area contributed by atoms with Gasteiger partial charge in [-0.2, -0.15) is 0 Å². The highest BCUT2D eigenvalue weighted by Gasteiger charge is 2.37. The van der Waals surface area contributed by atoms with Crippen LogP contribution in [0.2, 0.25) is 0 Å². The van der Waals surface area contributed by atoms with E-state index in [0.29, 0.717) is 24.5 Å². The molecule has 0 bridgehead atoms. The third kappa shape index (κ3) is 3.39. The zero-order chi connectivity index (χ0) is 16.2. The van der Waals surface area contributed by atoms with Crippen LogP contribution >= 0.6 is 0 Å². The van der Waals surface area contributed by atoms with Gasteiger partial charge in [-0.05, 0) is 38.5 Å². The molecule has 2 rings (SSSR count). The lowest BCUT2D eigenvalue weighted by atomic mass is 9.89. The third-order valence-corrected chi connectivity index (χ3v) is 4.18. The Morgan fingerprint density at radius 2 is 2.00 bits per heavy atom. The number of rotatable bonds is 5. The van der Waals surface area contributed by atoms with E-state index < -0.39 is 5.54 Å². The minimum Gasteiger partial charge on any atom is -0.496 e. The number of ether oxygens (including phenoxy) is 2. The normalized spacial score (nSPS) is 16.9. The molecule has 1 heterocycles. The Kier molecular flexibility index (Phi) is 5.37. The monoisotopic (exact) mass is 303 g/mol. The molecule has 0 unspecified atom stereocenters. The Morgan fingerprint density at radius 3 is 2.59 bits per heavy atom. The van der Waals surface area contributed by atoms with Crippen LogP contribution in [-0.4, -0.2) is 49.6 Å². The van der Waals surface area contributed by atoms with Gasteiger partial charge in [0.25, 0.3) is 0 Å². The maximum atomic E-state index is 13.1. The molecule has 1 fully saturated rings. The molecule has 0 radical (unpaired) electrons. The summed E-state index contributed by atoms with van der Waals surface area (Å²) in [5, 5.41) is 0. The van der Waals surface area contributed by atoms with Gasteiger partial charge >= 0.3 is 0 Å². The summed E-state index contributed by atoms with van der Waals surface area (Å²) in [4.78, 5) is 15.3. The zero-order valence-electron chi connectivity index (χ0n) is 13.9. The molecule has 4 nitrogen and oxygen atoms in total. The molecule has 0 N–H and O–H groups in total. The van der Waals surface area contributed by atoms with Crippen molar-refractivity contribution >= 4 is 11.9 Å². The molecule has 0 spiro atoms. The standard InChI is InChI=1S/C18H25NO3/c1-5-6-14-7-8-16(21-4)15(13-14)17(20)18(2,3)19-9-11-22-12-10-19/h5-8,13H,9-12H2,1-4H3. The second-order valence-electron chi connectivity index (χ2n) is 5.95. The van der Waals surface area contributed by atoms with Crippen molar-refractivity contribution in [2.45, 2.75) is 26.3 Å². The minimum absolute atomic E-state index is 0.0811. The van der Waals surface area contributed by atoms with Crippen LogP contribution in [0.15, 0.2) is 24.3 Å². The average Bonchev–Trinajstić information content (AvgIpc) is 2.55. The lowest BCUT2D eigenvalue weighted by Gasteiger charge is -2.39. The van der Waals surface area contributed by atoms with E-state index in [2.05, 4.69) is 4.90 Å². The highest BCUT2D eigenvalue weighted by atomic mass is 16.5. The number of methoxy groups -OCH3 is 1. The van der Waals surface area contributed by atoms with Gasteiger partial charge in [0, 0.05) is 13.1 Å². The highest BCUT2D eigenvalue weighted by Crippen LogP contribution is 2.28. The van der Waals surface area contributed by atoms with Gasteiger partial charge in [0.05, 0.1) is 31.4 Å². The highest BCUT2D eigenvalue weighted by molar-refractivity contribution is 6.05. The number of hydrogen-bond acceptors (Lipinski definition) is 4. The lowest BCUT2D eigenvalue weighted by molar-refractivity contribution is -0.00438. The first-order valence-electron chi connectivity index (χ1n) is 7.69. The summed E-state index contributed by atoms with van der Waals surface area (Å²) < 4.78 is 10.8. The minimum atomic E-state index is -0.578. The molecule has 0 saturated carbocycles. The Bertz CT molecular complexity index is 557. The van der Waals surface area contributed by atoms with E-state index in [0.717, 1.165) is 18.7 Å². The van der Waals surface area contributed by atoms with Crippen LogP contribution in [0.3, 0.4) is 0 Å². The van der Waals surface area contributed by atoms with Crippen molar-refractivity contribution in [2.24, 2.45) is 0 Å². The average molecular weight is 303 g/mol. The third-order valence-electron chi connectivity index (χ3n) is 4.18. The van der Waals surface area contributed by atoms with Crippen LogP contribution < -0.4 is 4.74 Å². The maximum absolute atomic E-state index is 13.1. The molecule has 1 aliphatic heterocycles. The van der Waals surface area contributed by atoms with E-state index in [1.807, 2.05) is 51.1 Å². The van der Waals surface area contributed by atoms with E-state index in [1.54, 1.807) is 7.11 Å². The van der Waals surface area contributed by atoms with E-state index in [9.17, 15) is 4.79 Å². The molecule has 1 saturated heterocycles. The van der Waals surface area contributed by atoms with E-state index in [-0.39, 0.29) is 5.78 Å². The molecular formula is C18H25NO3. The fourth-order valence-electron chi connectivity index (χ4n) is 2.79. The quantitative estimate of drug-likeness (QED) is 0.784.